The van der Waals surface area contributed by atoms with Crippen LogP contribution in [0.2, 0.25) is 0 Å². The number of quaternary nitrogens is 1. The van der Waals surface area contributed by atoms with Crippen LogP contribution in [0.3, 0.4) is 0 Å². The van der Waals surface area contributed by atoms with Crippen LogP contribution in [0.1, 0.15) is 15.8 Å². The zero-order chi connectivity index (χ0) is 15.7. The maximum atomic E-state index is 12.5. The Bertz CT molecular complexity index is 567. The average molecular weight is 340 g/mol. The molecule has 2 aliphatic rings. The average Bonchev–Trinajstić information content (AvgIpc) is 3.06. The number of amides is 2. The summed E-state index contributed by atoms with van der Waals surface area (Å²) in [6.07, 6.45) is 0. The first kappa shape index (κ1) is 15.8. The smallest absolute Gasteiger partial charge is 0.242 e. The molecule has 2 fully saturated rings. The molecule has 1 N–H and O–H groups in total. The normalized spacial score (nSPS) is 23.4. The number of aryl methyl sites for hydroxylation is 1. The second-order valence-electron chi connectivity index (χ2n) is 5.99. The standard InChI is InChI=1S/C15H21N3O2S2/c1-11-3-8-21-14(11)15-18(13(20)10-22-15)9-12(19)17-6-4-16(2)5-7-17/h3,8,15H,4-7,9-10H2,1-2H3/p+1/t15-/m1/s1. The lowest BCUT2D eigenvalue weighted by Crippen LogP contribution is -3.12. The summed E-state index contributed by atoms with van der Waals surface area (Å²) in [6.45, 7) is 5.85. The third-order valence-electron chi connectivity index (χ3n) is 4.37. The first-order valence-corrected chi connectivity index (χ1v) is 9.53. The topological polar surface area (TPSA) is 45.1 Å². The quantitative estimate of drug-likeness (QED) is 0.842. The van der Waals surface area contributed by atoms with Crippen molar-refractivity contribution < 1.29 is 14.5 Å². The molecule has 0 aliphatic carbocycles. The molecular formula is C15H22N3O2S2+. The van der Waals surface area contributed by atoms with Gasteiger partial charge >= 0.3 is 0 Å². The molecule has 22 heavy (non-hydrogen) atoms. The lowest BCUT2D eigenvalue weighted by Gasteiger charge is -2.32. The first-order chi connectivity index (χ1) is 10.6. The van der Waals surface area contributed by atoms with Crippen LogP contribution < -0.4 is 4.90 Å². The third-order valence-corrected chi connectivity index (χ3v) is 6.81. The fourth-order valence-electron chi connectivity index (χ4n) is 2.86. The van der Waals surface area contributed by atoms with Gasteiger partial charge in [-0.2, -0.15) is 0 Å². The van der Waals surface area contributed by atoms with E-state index < -0.39 is 0 Å². The van der Waals surface area contributed by atoms with E-state index in [1.54, 1.807) is 28.0 Å². The fraction of sp³-hybridized carbons (Fsp3) is 0.600. The molecule has 0 saturated carbocycles. The largest absolute Gasteiger partial charge is 0.334 e. The van der Waals surface area contributed by atoms with Gasteiger partial charge in [-0.25, -0.2) is 0 Å². The minimum absolute atomic E-state index is 0.00883. The molecule has 1 atom stereocenters. The van der Waals surface area contributed by atoms with Gasteiger partial charge in [0, 0.05) is 4.88 Å². The minimum Gasteiger partial charge on any atom is -0.334 e. The fourth-order valence-corrected chi connectivity index (χ4v) is 5.33. The monoisotopic (exact) mass is 340 g/mol. The number of piperazine rings is 1. The molecule has 2 saturated heterocycles. The van der Waals surface area contributed by atoms with Gasteiger partial charge < -0.3 is 14.7 Å². The van der Waals surface area contributed by atoms with Crippen molar-refractivity contribution >= 4 is 34.9 Å². The van der Waals surface area contributed by atoms with E-state index in [2.05, 4.69) is 25.4 Å². The molecule has 0 spiro atoms. The number of rotatable bonds is 3. The number of likely N-dealkylation sites (N-methyl/N-ethyl adjacent to an activating group) is 1. The highest BCUT2D eigenvalue weighted by Crippen LogP contribution is 2.42. The van der Waals surface area contributed by atoms with Gasteiger partial charge in [0.25, 0.3) is 0 Å². The van der Waals surface area contributed by atoms with E-state index in [9.17, 15) is 9.59 Å². The summed E-state index contributed by atoms with van der Waals surface area (Å²) in [4.78, 5) is 31.0. The summed E-state index contributed by atoms with van der Waals surface area (Å²) in [5, 5.41) is 2.06. The summed E-state index contributed by atoms with van der Waals surface area (Å²) >= 11 is 3.30. The number of carbonyl (C=O) groups excluding carboxylic acids is 2. The summed E-state index contributed by atoms with van der Waals surface area (Å²) in [5.74, 6) is 0.640. The molecule has 5 nitrogen and oxygen atoms in total. The second-order valence-corrected chi connectivity index (χ2v) is 8.01. The molecule has 3 heterocycles. The predicted molar refractivity (Wildman–Crippen MR) is 89.2 cm³/mol. The van der Waals surface area contributed by atoms with Crippen molar-refractivity contribution in [3.63, 3.8) is 0 Å². The maximum Gasteiger partial charge on any atom is 0.242 e. The number of nitrogens with one attached hydrogen (secondary N) is 1. The van der Waals surface area contributed by atoms with Crippen molar-refractivity contribution in [2.45, 2.75) is 12.3 Å². The van der Waals surface area contributed by atoms with Crippen LogP contribution in [-0.4, -0.2) is 67.1 Å². The van der Waals surface area contributed by atoms with E-state index in [4.69, 9.17) is 0 Å². The van der Waals surface area contributed by atoms with Gasteiger partial charge in [-0.1, -0.05) is 0 Å². The van der Waals surface area contributed by atoms with Crippen LogP contribution in [0.4, 0.5) is 0 Å². The van der Waals surface area contributed by atoms with Gasteiger partial charge in [-0.05, 0) is 23.9 Å². The Morgan fingerprint density at radius 1 is 1.41 bits per heavy atom. The van der Waals surface area contributed by atoms with Gasteiger partial charge in [0.15, 0.2) is 0 Å². The van der Waals surface area contributed by atoms with Crippen molar-refractivity contribution in [3.8, 4) is 0 Å². The highest BCUT2D eigenvalue weighted by molar-refractivity contribution is 8.00. The summed E-state index contributed by atoms with van der Waals surface area (Å²) in [5.41, 5.74) is 1.21. The van der Waals surface area contributed by atoms with Crippen molar-refractivity contribution in [1.82, 2.24) is 9.80 Å². The van der Waals surface area contributed by atoms with E-state index in [0.29, 0.717) is 5.75 Å². The Labute approximate surface area is 139 Å². The Morgan fingerprint density at radius 3 is 2.77 bits per heavy atom. The van der Waals surface area contributed by atoms with Crippen LogP contribution >= 0.6 is 23.1 Å². The first-order valence-electron chi connectivity index (χ1n) is 7.60. The highest BCUT2D eigenvalue weighted by atomic mass is 32.2. The molecule has 1 aromatic heterocycles. The third kappa shape index (κ3) is 3.16. The van der Waals surface area contributed by atoms with E-state index in [-0.39, 0.29) is 23.7 Å². The molecule has 3 rings (SSSR count). The minimum atomic E-state index is 0.00883. The van der Waals surface area contributed by atoms with Gasteiger partial charge in [0.2, 0.25) is 11.8 Å². The number of hydrogen-bond acceptors (Lipinski definition) is 4. The van der Waals surface area contributed by atoms with Crippen molar-refractivity contribution in [1.29, 1.82) is 0 Å². The predicted octanol–water partition coefficient (Wildman–Crippen LogP) is -0.0126. The number of nitrogens with zero attached hydrogens (tertiary/aromatic N) is 2. The van der Waals surface area contributed by atoms with Crippen molar-refractivity contribution in [2.75, 3.05) is 45.5 Å². The molecule has 2 aliphatic heterocycles. The van der Waals surface area contributed by atoms with Crippen LogP contribution in [0.5, 0.6) is 0 Å². The van der Waals surface area contributed by atoms with E-state index in [1.807, 2.05) is 4.90 Å². The van der Waals surface area contributed by atoms with Crippen LogP contribution in [0.15, 0.2) is 11.4 Å². The zero-order valence-corrected chi connectivity index (χ0v) is 14.6. The highest BCUT2D eigenvalue weighted by Gasteiger charge is 2.36. The Balaban J connectivity index is 1.68. The van der Waals surface area contributed by atoms with Gasteiger partial charge in [0.05, 0.1) is 39.0 Å². The molecule has 0 aromatic carbocycles. The van der Waals surface area contributed by atoms with Crippen molar-refractivity contribution in [3.05, 3.63) is 21.9 Å². The van der Waals surface area contributed by atoms with E-state index >= 15 is 0 Å². The van der Waals surface area contributed by atoms with Gasteiger partial charge in [-0.3, -0.25) is 9.59 Å². The molecule has 0 radical (unpaired) electrons. The number of hydrogen-bond donors (Lipinski definition) is 1. The maximum absolute atomic E-state index is 12.5. The van der Waals surface area contributed by atoms with Crippen LogP contribution in [-0.2, 0) is 9.59 Å². The molecule has 7 heteroatoms. The Hall–Kier alpha value is -1.05. The summed E-state index contributed by atoms with van der Waals surface area (Å²) < 4.78 is 0. The molecule has 120 valence electrons. The Morgan fingerprint density at radius 2 is 2.14 bits per heavy atom. The molecular weight excluding hydrogens is 318 g/mol. The molecule has 0 unspecified atom stereocenters. The lowest BCUT2D eigenvalue weighted by atomic mass is 10.2. The van der Waals surface area contributed by atoms with Gasteiger partial charge in [-0.15, -0.1) is 23.1 Å². The zero-order valence-electron chi connectivity index (χ0n) is 13.0. The number of carbonyl (C=O) groups is 2. The van der Waals surface area contributed by atoms with Crippen molar-refractivity contribution in [2.24, 2.45) is 0 Å². The number of thiophene rings is 1. The van der Waals surface area contributed by atoms with E-state index in [1.165, 1.54) is 15.3 Å². The number of thioether (sulfide) groups is 1. The molecule has 0 bridgehead atoms. The van der Waals surface area contributed by atoms with Crippen LogP contribution in [0, 0.1) is 6.92 Å². The molecule has 2 amide bonds. The molecule has 1 aromatic rings. The van der Waals surface area contributed by atoms with Crippen LogP contribution in [0.25, 0.3) is 0 Å². The lowest BCUT2D eigenvalue weighted by molar-refractivity contribution is -0.883. The summed E-state index contributed by atoms with van der Waals surface area (Å²) in [7, 11) is 2.15. The Kier molecular flexibility index (Phi) is 4.75. The summed E-state index contributed by atoms with van der Waals surface area (Å²) in [6, 6.07) is 2.08. The second kappa shape index (κ2) is 6.60. The SMILES string of the molecule is Cc1ccsc1[C@H]1SCC(=O)N1CC(=O)N1CC[NH+](C)CC1. The van der Waals surface area contributed by atoms with Gasteiger partial charge in [0.1, 0.15) is 11.9 Å². The van der Waals surface area contributed by atoms with E-state index in [0.717, 1.165) is 26.2 Å².